The molecule has 0 aliphatic heterocycles. The minimum Gasteiger partial charge on any atom is -0.494 e. The van der Waals surface area contributed by atoms with Crippen LogP contribution in [-0.4, -0.2) is 51.1 Å². The molecule has 5 rings (SSSR count). The number of anilines is 1. The summed E-state index contributed by atoms with van der Waals surface area (Å²) in [4.78, 5) is 9.02. The zero-order valence-corrected chi connectivity index (χ0v) is 18.3. The molecular formula is C21H19N7O3S. The summed E-state index contributed by atoms with van der Waals surface area (Å²) in [5.41, 5.74) is 4.92. The molecule has 1 aromatic carbocycles. The third kappa shape index (κ3) is 3.42. The summed E-state index contributed by atoms with van der Waals surface area (Å²) in [6.45, 7) is 1.91. The first kappa shape index (κ1) is 19.9. The second-order valence-electron chi connectivity index (χ2n) is 7.29. The molecule has 0 spiro atoms. The van der Waals surface area contributed by atoms with E-state index in [4.69, 9.17) is 4.74 Å². The zero-order valence-electron chi connectivity index (χ0n) is 17.5. The van der Waals surface area contributed by atoms with Crippen LogP contribution in [0.2, 0.25) is 0 Å². The molecule has 0 atom stereocenters. The molecule has 0 aliphatic rings. The SMILES string of the molecule is COc1cc(NS(C)(=O)=O)ccc1-n1nc(C)c2cnc(-c3cnn4cccnc34)cc21. The number of sulfonamides is 1. The van der Waals surface area contributed by atoms with E-state index in [0.29, 0.717) is 28.5 Å². The number of aromatic nitrogens is 6. The number of fused-ring (bicyclic) bond motifs is 2. The highest BCUT2D eigenvalue weighted by Crippen LogP contribution is 2.32. The van der Waals surface area contributed by atoms with Gasteiger partial charge in [-0.15, -0.1) is 0 Å². The number of rotatable bonds is 5. The molecule has 0 radical (unpaired) electrons. The number of nitrogens with zero attached hydrogens (tertiary/aromatic N) is 6. The highest BCUT2D eigenvalue weighted by molar-refractivity contribution is 7.92. The summed E-state index contributed by atoms with van der Waals surface area (Å²) in [6.07, 6.45) is 8.15. The van der Waals surface area contributed by atoms with Gasteiger partial charge in [0.2, 0.25) is 10.0 Å². The number of nitrogens with one attached hydrogen (secondary N) is 1. The van der Waals surface area contributed by atoms with Gasteiger partial charge < -0.3 is 4.74 Å². The predicted octanol–water partition coefficient (Wildman–Crippen LogP) is 2.82. The molecular weight excluding hydrogens is 430 g/mol. The summed E-state index contributed by atoms with van der Waals surface area (Å²) in [6, 6.07) is 8.79. The maximum atomic E-state index is 11.6. The fourth-order valence-electron chi connectivity index (χ4n) is 3.63. The fraction of sp³-hybridized carbons (Fsp3) is 0.143. The third-order valence-corrected chi connectivity index (χ3v) is 5.62. The van der Waals surface area contributed by atoms with Gasteiger partial charge >= 0.3 is 0 Å². The van der Waals surface area contributed by atoms with Crippen LogP contribution in [0, 0.1) is 6.92 Å². The van der Waals surface area contributed by atoms with Crippen molar-refractivity contribution in [1.82, 2.24) is 29.4 Å². The first-order chi connectivity index (χ1) is 15.3. The minimum atomic E-state index is -3.41. The molecule has 11 heteroatoms. The van der Waals surface area contributed by atoms with E-state index in [1.165, 1.54) is 7.11 Å². The van der Waals surface area contributed by atoms with E-state index in [-0.39, 0.29) is 0 Å². The summed E-state index contributed by atoms with van der Waals surface area (Å²) < 4.78 is 34.6. The zero-order chi connectivity index (χ0) is 22.5. The Labute approximate surface area is 183 Å². The number of aryl methyl sites for hydroxylation is 1. The number of ether oxygens (including phenoxy) is 1. The van der Waals surface area contributed by atoms with Gasteiger partial charge in [0.05, 0.1) is 47.7 Å². The lowest BCUT2D eigenvalue weighted by atomic mass is 10.1. The second-order valence-corrected chi connectivity index (χ2v) is 9.04. The van der Waals surface area contributed by atoms with Crippen LogP contribution in [0.1, 0.15) is 5.69 Å². The van der Waals surface area contributed by atoms with Crippen molar-refractivity contribution in [3.8, 4) is 22.7 Å². The van der Waals surface area contributed by atoms with Crippen LogP contribution in [0.5, 0.6) is 5.75 Å². The highest BCUT2D eigenvalue weighted by Gasteiger charge is 2.17. The molecule has 0 saturated carbocycles. The fourth-order valence-corrected chi connectivity index (χ4v) is 4.18. The normalized spacial score (nSPS) is 11.8. The van der Waals surface area contributed by atoms with Crippen LogP contribution in [0.4, 0.5) is 5.69 Å². The van der Waals surface area contributed by atoms with Gasteiger partial charge in [0, 0.05) is 30.0 Å². The first-order valence-electron chi connectivity index (χ1n) is 9.64. The van der Waals surface area contributed by atoms with Gasteiger partial charge in [-0.05, 0) is 31.2 Å². The average Bonchev–Trinajstić information content (AvgIpc) is 3.33. The summed E-state index contributed by atoms with van der Waals surface area (Å²) in [5.74, 6) is 0.471. The lowest BCUT2D eigenvalue weighted by molar-refractivity contribution is 0.412. The van der Waals surface area contributed by atoms with Crippen molar-refractivity contribution in [3.05, 3.63) is 60.8 Å². The number of pyridine rings is 1. The van der Waals surface area contributed by atoms with Crippen LogP contribution in [-0.2, 0) is 10.0 Å². The van der Waals surface area contributed by atoms with Crippen molar-refractivity contribution in [2.45, 2.75) is 6.92 Å². The molecule has 0 bridgehead atoms. The smallest absolute Gasteiger partial charge is 0.229 e. The van der Waals surface area contributed by atoms with Crippen LogP contribution in [0.15, 0.2) is 55.1 Å². The van der Waals surface area contributed by atoms with Crippen molar-refractivity contribution in [1.29, 1.82) is 0 Å². The Balaban J connectivity index is 1.67. The van der Waals surface area contributed by atoms with Crippen molar-refractivity contribution < 1.29 is 13.2 Å². The molecule has 162 valence electrons. The van der Waals surface area contributed by atoms with Gasteiger partial charge in [0.1, 0.15) is 11.4 Å². The minimum absolute atomic E-state index is 0.404. The summed E-state index contributed by atoms with van der Waals surface area (Å²) in [5, 5.41) is 9.91. The quantitative estimate of drug-likeness (QED) is 0.438. The van der Waals surface area contributed by atoms with E-state index in [0.717, 1.165) is 28.4 Å². The maximum Gasteiger partial charge on any atom is 0.229 e. The maximum absolute atomic E-state index is 11.6. The number of hydrogen-bond acceptors (Lipinski definition) is 7. The Kier molecular flexibility index (Phi) is 4.55. The van der Waals surface area contributed by atoms with Crippen LogP contribution in [0.25, 0.3) is 33.5 Å². The highest BCUT2D eigenvalue weighted by atomic mass is 32.2. The Morgan fingerprint density at radius 1 is 1.12 bits per heavy atom. The Hall–Kier alpha value is -3.99. The lowest BCUT2D eigenvalue weighted by Crippen LogP contribution is -2.10. The molecule has 10 nitrogen and oxygen atoms in total. The second kappa shape index (κ2) is 7.31. The third-order valence-electron chi connectivity index (χ3n) is 5.02. The molecule has 0 saturated heterocycles. The van der Waals surface area contributed by atoms with E-state index in [1.807, 2.05) is 25.3 Å². The van der Waals surface area contributed by atoms with Gasteiger partial charge in [-0.25, -0.2) is 22.6 Å². The molecule has 4 heterocycles. The van der Waals surface area contributed by atoms with E-state index >= 15 is 0 Å². The van der Waals surface area contributed by atoms with Gasteiger partial charge in [0.25, 0.3) is 0 Å². The monoisotopic (exact) mass is 449 g/mol. The molecule has 0 fully saturated rings. The van der Waals surface area contributed by atoms with Gasteiger partial charge in [0.15, 0.2) is 5.65 Å². The van der Waals surface area contributed by atoms with E-state index < -0.39 is 10.0 Å². The molecule has 1 N–H and O–H groups in total. The molecule has 32 heavy (non-hydrogen) atoms. The standard InChI is InChI=1S/C21H19N7O3S/c1-13-15-11-23-17(16-12-24-27-8-4-7-22-21(16)27)10-19(15)28(25-13)18-6-5-14(9-20(18)31-2)26-32(3,29)30/h4-12,26H,1-3H3. The Bertz CT molecular complexity index is 1590. The first-order valence-corrected chi connectivity index (χ1v) is 11.5. The summed E-state index contributed by atoms with van der Waals surface area (Å²) >= 11 is 0. The van der Waals surface area contributed by atoms with Gasteiger partial charge in [-0.2, -0.15) is 10.2 Å². The van der Waals surface area contributed by atoms with Crippen molar-refractivity contribution in [3.63, 3.8) is 0 Å². The average molecular weight is 449 g/mol. The molecule has 0 aliphatic carbocycles. The largest absolute Gasteiger partial charge is 0.494 e. The predicted molar refractivity (Wildman–Crippen MR) is 121 cm³/mol. The molecule has 5 aromatic rings. The number of benzene rings is 1. The van der Waals surface area contributed by atoms with Gasteiger partial charge in [-0.1, -0.05) is 0 Å². The Morgan fingerprint density at radius 3 is 2.75 bits per heavy atom. The topological polar surface area (TPSA) is 116 Å². The molecule has 4 aromatic heterocycles. The number of methoxy groups -OCH3 is 1. The summed E-state index contributed by atoms with van der Waals surface area (Å²) in [7, 11) is -1.88. The molecule has 0 amide bonds. The van der Waals surface area contributed by atoms with Crippen molar-refractivity contribution in [2.75, 3.05) is 18.1 Å². The van der Waals surface area contributed by atoms with Crippen LogP contribution in [0.3, 0.4) is 0 Å². The lowest BCUT2D eigenvalue weighted by Gasteiger charge is -2.12. The van der Waals surface area contributed by atoms with Crippen LogP contribution >= 0.6 is 0 Å². The van der Waals surface area contributed by atoms with Crippen molar-refractivity contribution >= 4 is 32.3 Å². The van der Waals surface area contributed by atoms with Gasteiger partial charge in [-0.3, -0.25) is 9.71 Å². The van der Waals surface area contributed by atoms with Crippen LogP contribution < -0.4 is 9.46 Å². The number of hydrogen-bond donors (Lipinski definition) is 1. The van der Waals surface area contributed by atoms with E-state index in [2.05, 4.69) is 24.9 Å². The molecule has 0 unspecified atom stereocenters. The van der Waals surface area contributed by atoms with Crippen molar-refractivity contribution in [2.24, 2.45) is 0 Å². The van der Waals surface area contributed by atoms with E-state index in [1.54, 1.807) is 46.0 Å². The Morgan fingerprint density at radius 2 is 1.97 bits per heavy atom. The van der Waals surface area contributed by atoms with E-state index in [9.17, 15) is 8.42 Å².